The molecule has 1 aromatic heterocycles. The van der Waals surface area contributed by atoms with Crippen LogP contribution in [0.5, 0.6) is 0 Å². The van der Waals surface area contributed by atoms with Crippen LogP contribution in [-0.2, 0) is 6.42 Å². The minimum absolute atomic E-state index is 0.218. The van der Waals surface area contributed by atoms with Gasteiger partial charge in [-0.05, 0) is 58.8 Å². The van der Waals surface area contributed by atoms with Crippen molar-refractivity contribution in [1.82, 2.24) is 10.3 Å². The Balaban J connectivity index is 2.25. The molecule has 1 saturated heterocycles. The lowest BCUT2D eigenvalue weighted by Crippen LogP contribution is -2.52. The van der Waals surface area contributed by atoms with Crippen LogP contribution in [0.15, 0.2) is 22.9 Å². The number of pyridine rings is 1. The van der Waals surface area contributed by atoms with E-state index in [9.17, 15) is 0 Å². The summed E-state index contributed by atoms with van der Waals surface area (Å²) in [6, 6.07) is 2.18. The van der Waals surface area contributed by atoms with Gasteiger partial charge in [-0.2, -0.15) is 0 Å². The SMILES string of the molecule is CC(C)(C)C1(Cc2cncc(Br)c2)CCCN1. The zero-order valence-electron chi connectivity index (χ0n) is 10.9. The first-order chi connectivity index (χ1) is 7.93. The topological polar surface area (TPSA) is 24.9 Å². The second-order valence-electron chi connectivity index (χ2n) is 6.05. The van der Waals surface area contributed by atoms with Crippen LogP contribution in [0.4, 0.5) is 0 Å². The second kappa shape index (κ2) is 4.69. The van der Waals surface area contributed by atoms with Crippen LogP contribution in [0, 0.1) is 5.41 Å². The van der Waals surface area contributed by atoms with Crippen LogP contribution in [0.25, 0.3) is 0 Å². The smallest absolute Gasteiger partial charge is 0.0410 e. The number of rotatable bonds is 2. The highest BCUT2D eigenvalue weighted by molar-refractivity contribution is 9.10. The van der Waals surface area contributed by atoms with Crippen LogP contribution in [0.2, 0.25) is 0 Å². The lowest BCUT2D eigenvalue weighted by Gasteiger charge is -2.42. The molecule has 2 nitrogen and oxygen atoms in total. The van der Waals surface area contributed by atoms with Gasteiger partial charge in [-0.1, -0.05) is 20.8 Å². The molecule has 1 atom stereocenters. The van der Waals surface area contributed by atoms with Crippen molar-refractivity contribution in [2.24, 2.45) is 5.41 Å². The van der Waals surface area contributed by atoms with Crippen molar-refractivity contribution in [2.75, 3.05) is 6.54 Å². The third kappa shape index (κ3) is 2.71. The van der Waals surface area contributed by atoms with Crippen molar-refractivity contribution in [2.45, 2.75) is 45.6 Å². The zero-order chi connectivity index (χ0) is 12.5. The molecule has 1 aliphatic heterocycles. The Hall–Kier alpha value is -0.410. The van der Waals surface area contributed by atoms with E-state index >= 15 is 0 Å². The van der Waals surface area contributed by atoms with E-state index in [0.29, 0.717) is 0 Å². The van der Waals surface area contributed by atoms with Gasteiger partial charge >= 0.3 is 0 Å². The standard InChI is InChI=1S/C14H21BrN2/c1-13(2,3)14(5-4-6-17-14)8-11-7-12(15)10-16-9-11/h7,9-10,17H,4-6,8H2,1-3H3. The van der Waals surface area contributed by atoms with E-state index in [2.05, 4.69) is 53.1 Å². The molecule has 94 valence electrons. The molecular formula is C14H21BrN2. The summed E-state index contributed by atoms with van der Waals surface area (Å²) in [6.07, 6.45) is 7.41. The fourth-order valence-electron chi connectivity index (χ4n) is 2.76. The summed E-state index contributed by atoms with van der Waals surface area (Å²) in [6.45, 7) is 8.13. The van der Waals surface area contributed by atoms with E-state index < -0.39 is 0 Å². The van der Waals surface area contributed by atoms with E-state index in [4.69, 9.17) is 0 Å². The molecule has 0 spiro atoms. The first kappa shape index (κ1) is 13.0. The minimum Gasteiger partial charge on any atom is -0.310 e. The lowest BCUT2D eigenvalue weighted by molar-refractivity contribution is 0.159. The van der Waals surface area contributed by atoms with E-state index in [1.165, 1.54) is 18.4 Å². The molecule has 0 bridgehead atoms. The fourth-order valence-corrected chi connectivity index (χ4v) is 3.18. The summed E-state index contributed by atoms with van der Waals surface area (Å²) in [5.41, 5.74) is 1.80. The van der Waals surface area contributed by atoms with Gasteiger partial charge in [-0.25, -0.2) is 0 Å². The summed E-state index contributed by atoms with van der Waals surface area (Å²) in [7, 11) is 0. The highest BCUT2D eigenvalue weighted by Gasteiger charge is 2.43. The van der Waals surface area contributed by atoms with Gasteiger partial charge in [0.25, 0.3) is 0 Å². The van der Waals surface area contributed by atoms with Crippen molar-refractivity contribution in [3.63, 3.8) is 0 Å². The first-order valence-corrected chi connectivity index (χ1v) is 7.07. The molecule has 0 aromatic carbocycles. The maximum atomic E-state index is 4.26. The number of halogens is 1. The Kier molecular flexibility index (Phi) is 3.60. The van der Waals surface area contributed by atoms with Crippen LogP contribution < -0.4 is 5.32 Å². The highest BCUT2D eigenvalue weighted by Crippen LogP contribution is 2.39. The van der Waals surface area contributed by atoms with Crippen LogP contribution in [0.1, 0.15) is 39.2 Å². The van der Waals surface area contributed by atoms with Gasteiger partial charge in [-0.3, -0.25) is 4.98 Å². The van der Waals surface area contributed by atoms with E-state index in [0.717, 1.165) is 17.4 Å². The van der Waals surface area contributed by atoms with E-state index in [1.807, 2.05) is 12.4 Å². The van der Waals surface area contributed by atoms with Gasteiger partial charge < -0.3 is 5.32 Å². The molecule has 1 aromatic rings. The van der Waals surface area contributed by atoms with Gasteiger partial charge in [0, 0.05) is 22.4 Å². The third-order valence-corrected chi connectivity index (χ3v) is 4.38. The monoisotopic (exact) mass is 296 g/mol. The molecular weight excluding hydrogens is 276 g/mol. The molecule has 0 amide bonds. The van der Waals surface area contributed by atoms with Crippen LogP contribution in [0.3, 0.4) is 0 Å². The molecule has 0 radical (unpaired) electrons. The van der Waals surface area contributed by atoms with E-state index in [-0.39, 0.29) is 11.0 Å². The molecule has 17 heavy (non-hydrogen) atoms. The van der Waals surface area contributed by atoms with Gasteiger partial charge in [-0.15, -0.1) is 0 Å². The van der Waals surface area contributed by atoms with Crippen molar-refractivity contribution in [3.05, 3.63) is 28.5 Å². The number of nitrogens with zero attached hydrogens (tertiary/aromatic N) is 1. The van der Waals surface area contributed by atoms with Crippen molar-refractivity contribution in [1.29, 1.82) is 0 Å². The average Bonchev–Trinajstić information content (AvgIpc) is 2.66. The Morgan fingerprint density at radius 2 is 2.18 bits per heavy atom. The minimum atomic E-state index is 0.218. The fraction of sp³-hybridized carbons (Fsp3) is 0.643. The largest absolute Gasteiger partial charge is 0.310 e. The summed E-state index contributed by atoms with van der Waals surface area (Å²) >= 11 is 3.50. The van der Waals surface area contributed by atoms with Crippen LogP contribution in [-0.4, -0.2) is 17.1 Å². The zero-order valence-corrected chi connectivity index (χ0v) is 12.5. The first-order valence-electron chi connectivity index (χ1n) is 6.27. The molecule has 0 aliphatic carbocycles. The maximum Gasteiger partial charge on any atom is 0.0410 e. The molecule has 3 heteroatoms. The summed E-state index contributed by atoms with van der Waals surface area (Å²) in [5.74, 6) is 0. The highest BCUT2D eigenvalue weighted by atomic mass is 79.9. The summed E-state index contributed by atoms with van der Waals surface area (Å²) in [4.78, 5) is 4.26. The Labute approximate surface area is 112 Å². The molecule has 2 heterocycles. The predicted octanol–water partition coefficient (Wildman–Crippen LogP) is 3.55. The van der Waals surface area contributed by atoms with Crippen molar-refractivity contribution in [3.8, 4) is 0 Å². The van der Waals surface area contributed by atoms with Crippen molar-refractivity contribution >= 4 is 15.9 Å². The predicted molar refractivity (Wildman–Crippen MR) is 75.1 cm³/mol. The van der Waals surface area contributed by atoms with Gasteiger partial charge in [0.15, 0.2) is 0 Å². The number of aromatic nitrogens is 1. The van der Waals surface area contributed by atoms with Gasteiger partial charge in [0.05, 0.1) is 0 Å². The molecule has 1 unspecified atom stereocenters. The van der Waals surface area contributed by atoms with E-state index in [1.54, 1.807) is 0 Å². The summed E-state index contributed by atoms with van der Waals surface area (Å²) in [5, 5.41) is 3.73. The Morgan fingerprint density at radius 3 is 2.71 bits per heavy atom. The quantitative estimate of drug-likeness (QED) is 0.903. The Bertz CT molecular complexity index is 389. The normalized spacial score (nSPS) is 25.2. The summed E-state index contributed by atoms with van der Waals surface area (Å²) < 4.78 is 1.07. The average molecular weight is 297 g/mol. The molecule has 2 rings (SSSR count). The lowest BCUT2D eigenvalue weighted by atomic mass is 9.69. The second-order valence-corrected chi connectivity index (χ2v) is 6.97. The molecule has 1 fully saturated rings. The number of nitrogens with one attached hydrogen (secondary N) is 1. The number of hydrogen-bond donors (Lipinski definition) is 1. The Morgan fingerprint density at radius 1 is 1.41 bits per heavy atom. The van der Waals surface area contributed by atoms with Crippen LogP contribution >= 0.6 is 15.9 Å². The molecule has 1 N–H and O–H groups in total. The maximum absolute atomic E-state index is 4.26. The van der Waals surface area contributed by atoms with Gasteiger partial charge in [0.2, 0.25) is 0 Å². The van der Waals surface area contributed by atoms with Gasteiger partial charge in [0.1, 0.15) is 0 Å². The third-order valence-electron chi connectivity index (χ3n) is 3.95. The number of hydrogen-bond acceptors (Lipinski definition) is 2. The molecule has 1 aliphatic rings. The van der Waals surface area contributed by atoms with Crippen molar-refractivity contribution < 1.29 is 0 Å². The molecule has 0 saturated carbocycles.